The first-order valence-corrected chi connectivity index (χ1v) is 33.2. The Labute approximate surface area is 523 Å². The average molecular weight is 1290 g/mol. The summed E-state index contributed by atoms with van der Waals surface area (Å²) in [5.41, 5.74) is 0.919. The second-order valence-corrected chi connectivity index (χ2v) is 29.4. The molecule has 2 atom stereocenters. The SMILES string of the molecule is CC(C)(C)[C@H](c1cc(-c2cc(F)ccc2F)cn1Cc1ccccc1)N(CC[C@@H](C(=O)NCCNC(=O)CNC(=O)CCCC(=O)ON1C(=O)CCC1=O)N(CC[Si](C)(C)C)C(=O)O)C(=O)CO.O=C(CCCC(=O)ON1C(=O)CCC1=O)ON1C(=O)CCC1=O. The van der Waals surface area contributed by atoms with Crippen LogP contribution < -0.4 is 16.0 Å². The Hall–Kier alpha value is -9.26. The van der Waals surface area contributed by atoms with Crippen molar-refractivity contribution >= 4 is 91.1 Å². The van der Waals surface area contributed by atoms with Crippen molar-refractivity contribution in [2.45, 2.75) is 149 Å². The molecule has 0 spiro atoms. The molecule has 1 aromatic heterocycles. The molecule has 3 aliphatic heterocycles. The van der Waals surface area contributed by atoms with Crippen LogP contribution in [0.3, 0.4) is 0 Å². The van der Waals surface area contributed by atoms with Gasteiger partial charge in [-0.2, -0.15) is 0 Å². The van der Waals surface area contributed by atoms with Gasteiger partial charge in [0.15, 0.2) is 0 Å². The Kier molecular flexibility index (Phi) is 26.7. The summed E-state index contributed by atoms with van der Waals surface area (Å²) in [7, 11) is -1.87. The summed E-state index contributed by atoms with van der Waals surface area (Å²) in [6.45, 7) is 10.2. The zero-order chi connectivity index (χ0) is 67.3. The van der Waals surface area contributed by atoms with E-state index in [1.54, 1.807) is 12.3 Å². The molecule has 0 saturated carbocycles. The molecule has 494 valence electrons. The van der Waals surface area contributed by atoms with Crippen LogP contribution in [0.2, 0.25) is 25.7 Å². The minimum Gasteiger partial charge on any atom is -0.465 e. The van der Waals surface area contributed by atoms with Crippen LogP contribution in [0.5, 0.6) is 0 Å². The standard InChI is InChI=1S/C47H63F2N7O11Si.C13H14N2O8/c1-47(2,3)44(37-25-32(34-26-33(48)15-16-35(34)49)29-53(37)28-31-11-8-7-9-12-31)55(42(62)30-57)22-19-36(54(46(65)66)23-24-68(4,5)6)45(64)51-21-20-50-39(59)27-52-38(58)13-10-14-43(63)67-56-40(60)17-18-41(56)61;16-8-4-5-9(17)14(8)22-12(20)2-1-3-13(21)23-15-10(18)6-7-11(15)19/h7-9,11-12,15-16,25-26,29,36,44,57H,10,13-14,17-24,27-28,30H2,1-6H3,(H,50,59)(H,51,64)(H,52,58)(H,65,66);1-7H2/t36-,44-;/m0./s1. The fourth-order valence-electron chi connectivity index (χ4n) is 9.65. The highest BCUT2D eigenvalue weighted by Crippen LogP contribution is 2.41. The smallest absolute Gasteiger partial charge is 0.407 e. The first-order valence-electron chi connectivity index (χ1n) is 29.5. The first-order chi connectivity index (χ1) is 42.9. The fraction of sp³-hybridized carbons (Fsp3) is 0.500. The van der Waals surface area contributed by atoms with Gasteiger partial charge in [0.25, 0.3) is 35.4 Å². The average Bonchev–Trinajstić information content (AvgIpc) is 1.69. The molecule has 11 amide bonds. The van der Waals surface area contributed by atoms with Crippen molar-refractivity contribution in [1.29, 1.82) is 0 Å². The molecule has 91 heavy (non-hydrogen) atoms. The number of carbonyl (C=O) groups is 14. The highest BCUT2D eigenvalue weighted by molar-refractivity contribution is 6.76. The maximum absolute atomic E-state index is 15.3. The summed E-state index contributed by atoms with van der Waals surface area (Å²) in [5, 5.41) is 29.8. The second kappa shape index (κ2) is 33.5. The monoisotopic (exact) mass is 1290 g/mol. The van der Waals surface area contributed by atoms with Crippen LogP contribution >= 0.6 is 0 Å². The highest BCUT2D eigenvalue weighted by atomic mass is 28.3. The molecule has 3 fully saturated rings. The minimum atomic E-state index is -1.87. The molecule has 2 aromatic carbocycles. The van der Waals surface area contributed by atoms with Crippen molar-refractivity contribution in [2.75, 3.05) is 39.3 Å². The van der Waals surface area contributed by atoms with Crippen LogP contribution in [0.15, 0.2) is 60.8 Å². The third-order valence-electron chi connectivity index (χ3n) is 14.2. The van der Waals surface area contributed by atoms with Gasteiger partial charge in [0, 0.05) is 128 Å². The summed E-state index contributed by atoms with van der Waals surface area (Å²) in [6.07, 6.45) is -0.874. The van der Waals surface area contributed by atoms with E-state index in [1.165, 1.54) is 4.90 Å². The molecule has 31 heteroatoms. The van der Waals surface area contributed by atoms with Gasteiger partial charge in [-0.3, -0.25) is 52.8 Å². The molecule has 0 bridgehead atoms. The van der Waals surface area contributed by atoms with Crippen LogP contribution in [0.4, 0.5) is 13.6 Å². The van der Waals surface area contributed by atoms with Crippen LogP contribution in [0.1, 0.15) is 122 Å². The van der Waals surface area contributed by atoms with Crippen LogP contribution in [-0.2, 0) is 83.4 Å². The molecular weight excluding hydrogens is 1220 g/mol. The quantitative estimate of drug-likeness (QED) is 0.0358. The minimum absolute atomic E-state index is 0.00364. The van der Waals surface area contributed by atoms with Gasteiger partial charge in [0.05, 0.1) is 12.6 Å². The lowest BCUT2D eigenvalue weighted by molar-refractivity contribution is -0.199. The van der Waals surface area contributed by atoms with E-state index in [0.29, 0.717) is 32.5 Å². The lowest BCUT2D eigenvalue weighted by atomic mass is 9.82. The van der Waals surface area contributed by atoms with E-state index in [9.17, 15) is 81.7 Å². The van der Waals surface area contributed by atoms with Gasteiger partial charge in [-0.25, -0.2) is 28.0 Å². The van der Waals surface area contributed by atoms with Crippen LogP contribution in [0, 0.1) is 17.0 Å². The lowest BCUT2D eigenvalue weighted by Gasteiger charge is -2.41. The van der Waals surface area contributed by atoms with Crippen molar-refractivity contribution in [2.24, 2.45) is 5.41 Å². The molecule has 4 heterocycles. The van der Waals surface area contributed by atoms with Crippen molar-refractivity contribution < 1.29 is 101 Å². The van der Waals surface area contributed by atoms with Gasteiger partial charge < -0.3 is 50.1 Å². The molecule has 0 radical (unpaired) electrons. The maximum Gasteiger partial charge on any atom is 0.407 e. The summed E-state index contributed by atoms with van der Waals surface area (Å²) in [5.74, 6) is -10.1. The normalized spacial score (nSPS) is 14.8. The number of hydrogen-bond donors (Lipinski definition) is 5. The van der Waals surface area contributed by atoms with Gasteiger partial charge >= 0.3 is 24.0 Å². The number of aromatic nitrogens is 1. The van der Waals surface area contributed by atoms with Crippen molar-refractivity contribution in [1.82, 2.24) is 45.5 Å². The number of rotatable bonds is 30. The van der Waals surface area contributed by atoms with Gasteiger partial charge in [0.1, 0.15) is 24.3 Å². The van der Waals surface area contributed by atoms with Crippen LogP contribution in [-0.4, -0.2) is 176 Å². The Morgan fingerprint density at radius 3 is 1.60 bits per heavy atom. The zero-order valence-electron chi connectivity index (χ0n) is 51.6. The Balaban J connectivity index is 0.000000545. The van der Waals surface area contributed by atoms with Gasteiger partial charge in [0.2, 0.25) is 23.6 Å². The predicted octanol–water partition coefficient (Wildman–Crippen LogP) is 3.96. The van der Waals surface area contributed by atoms with E-state index in [2.05, 4.69) is 45.3 Å². The summed E-state index contributed by atoms with van der Waals surface area (Å²) >= 11 is 0. The molecule has 28 nitrogen and oxygen atoms in total. The van der Waals surface area contributed by atoms with E-state index < -0.39 is 133 Å². The van der Waals surface area contributed by atoms with Gasteiger partial charge in [-0.05, 0) is 60.6 Å². The summed E-state index contributed by atoms with van der Waals surface area (Å²) < 4.78 is 31.6. The number of carbonyl (C=O) groups excluding carboxylic acids is 13. The number of carboxylic acid groups (broad SMARTS) is 1. The Morgan fingerprint density at radius 2 is 1.13 bits per heavy atom. The van der Waals surface area contributed by atoms with Crippen molar-refractivity contribution in [3.05, 3.63) is 83.7 Å². The summed E-state index contributed by atoms with van der Waals surface area (Å²) in [4.78, 5) is 185. The number of halogens is 2. The number of hydroxylamine groups is 6. The maximum atomic E-state index is 15.3. The Morgan fingerprint density at radius 1 is 0.637 bits per heavy atom. The number of hydrogen-bond acceptors (Lipinski definition) is 18. The van der Waals surface area contributed by atoms with Crippen molar-refractivity contribution in [3.8, 4) is 11.1 Å². The predicted molar refractivity (Wildman–Crippen MR) is 316 cm³/mol. The number of aliphatic hydroxyl groups excluding tert-OH is 1. The molecule has 3 aliphatic rings. The molecule has 3 aromatic rings. The highest BCUT2D eigenvalue weighted by Gasteiger charge is 2.40. The molecule has 6 rings (SSSR count). The van der Waals surface area contributed by atoms with Gasteiger partial charge in [-0.1, -0.05) is 70.7 Å². The molecule has 0 unspecified atom stereocenters. The molecule has 0 aliphatic carbocycles. The summed E-state index contributed by atoms with van der Waals surface area (Å²) in [6, 6.07) is 12.4. The fourth-order valence-corrected chi connectivity index (χ4v) is 10.6. The van der Waals surface area contributed by atoms with E-state index in [-0.39, 0.29) is 122 Å². The topological polar surface area (TPSA) is 364 Å². The zero-order valence-corrected chi connectivity index (χ0v) is 52.6. The van der Waals surface area contributed by atoms with Gasteiger partial charge in [-0.15, -0.1) is 15.2 Å². The number of nitrogens with zero attached hydrogens (tertiary/aromatic N) is 6. The molecule has 5 N–H and O–H groups in total. The third kappa shape index (κ3) is 22.3. The van der Waals surface area contributed by atoms with E-state index in [4.69, 9.17) is 4.84 Å². The van der Waals surface area contributed by atoms with Crippen molar-refractivity contribution in [3.63, 3.8) is 0 Å². The largest absolute Gasteiger partial charge is 0.465 e. The third-order valence-corrected chi connectivity index (χ3v) is 16.0. The number of imide groups is 3. The number of nitrogens with one attached hydrogen (secondary N) is 3. The first kappa shape index (κ1) is 72.5. The van der Waals surface area contributed by atoms with E-state index in [0.717, 1.165) is 28.7 Å². The van der Waals surface area contributed by atoms with E-state index in [1.807, 2.05) is 55.7 Å². The second-order valence-electron chi connectivity index (χ2n) is 23.8. The molecule has 3 saturated heterocycles. The number of aliphatic hydroxyl groups is 1. The number of amides is 11. The lowest BCUT2D eigenvalue weighted by Crippen LogP contribution is -2.53. The molecular formula is C60H77F2N9O19Si. The number of benzene rings is 2. The Bertz CT molecular complexity index is 3120. The van der Waals surface area contributed by atoms with E-state index >= 15 is 4.39 Å². The van der Waals surface area contributed by atoms with Crippen LogP contribution in [0.25, 0.3) is 11.1 Å².